The van der Waals surface area contributed by atoms with E-state index in [4.69, 9.17) is 0 Å². The summed E-state index contributed by atoms with van der Waals surface area (Å²) in [6.07, 6.45) is 2.53. The first-order valence-corrected chi connectivity index (χ1v) is 6.93. The minimum Gasteiger partial charge on any atom is -0.385 e. The monoisotopic (exact) mass is 261 g/mol. The first kappa shape index (κ1) is 13.9. The molecule has 1 aliphatic heterocycles. The van der Waals surface area contributed by atoms with E-state index in [1.165, 1.54) is 25.9 Å². The van der Waals surface area contributed by atoms with Crippen LogP contribution < -0.4 is 10.6 Å². The number of benzene rings is 1. The molecule has 2 rings (SSSR count). The van der Waals surface area contributed by atoms with Crippen LogP contribution >= 0.6 is 0 Å². The van der Waals surface area contributed by atoms with Crippen molar-refractivity contribution >= 4 is 11.6 Å². The van der Waals surface area contributed by atoms with E-state index >= 15 is 0 Å². The van der Waals surface area contributed by atoms with Crippen LogP contribution in [0.1, 0.15) is 23.2 Å². The molecule has 4 nitrogen and oxygen atoms in total. The van der Waals surface area contributed by atoms with Gasteiger partial charge >= 0.3 is 0 Å². The Bertz CT molecular complexity index is 408. The highest BCUT2D eigenvalue weighted by molar-refractivity contribution is 5.94. The Morgan fingerprint density at radius 2 is 1.89 bits per heavy atom. The highest BCUT2D eigenvalue weighted by Gasteiger charge is 2.16. The summed E-state index contributed by atoms with van der Waals surface area (Å²) in [4.78, 5) is 13.8. The van der Waals surface area contributed by atoms with Crippen molar-refractivity contribution in [3.63, 3.8) is 0 Å². The van der Waals surface area contributed by atoms with E-state index < -0.39 is 0 Å². The van der Waals surface area contributed by atoms with Crippen LogP contribution in [-0.2, 0) is 0 Å². The molecule has 0 radical (unpaired) electrons. The fourth-order valence-corrected chi connectivity index (χ4v) is 2.41. The molecule has 0 saturated carbocycles. The lowest BCUT2D eigenvalue weighted by Gasteiger charge is -2.29. The molecule has 0 spiro atoms. The molecule has 1 heterocycles. The van der Waals surface area contributed by atoms with E-state index in [1.54, 1.807) is 7.05 Å². The molecule has 1 aromatic carbocycles. The molecule has 104 valence electrons. The molecule has 1 amide bonds. The number of nitrogens with zero attached hydrogens (tertiary/aromatic N) is 1. The summed E-state index contributed by atoms with van der Waals surface area (Å²) in [7, 11) is 3.83. The maximum Gasteiger partial charge on any atom is 0.251 e. The Labute approximate surface area is 115 Å². The average molecular weight is 261 g/mol. The molecule has 0 atom stereocenters. The molecule has 1 aliphatic rings. The zero-order chi connectivity index (χ0) is 13.7. The topological polar surface area (TPSA) is 44.4 Å². The smallest absolute Gasteiger partial charge is 0.251 e. The van der Waals surface area contributed by atoms with Gasteiger partial charge < -0.3 is 15.5 Å². The van der Waals surface area contributed by atoms with Gasteiger partial charge in [-0.15, -0.1) is 0 Å². The van der Waals surface area contributed by atoms with Crippen LogP contribution in [0.25, 0.3) is 0 Å². The fraction of sp³-hybridized carbons (Fsp3) is 0.533. The number of hydrogen-bond donors (Lipinski definition) is 2. The number of amides is 1. The van der Waals surface area contributed by atoms with E-state index in [2.05, 4.69) is 22.6 Å². The number of hydrogen-bond acceptors (Lipinski definition) is 3. The van der Waals surface area contributed by atoms with Crippen molar-refractivity contribution in [2.45, 2.75) is 12.8 Å². The zero-order valence-corrected chi connectivity index (χ0v) is 11.8. The van der Waals surface area contributed by atoms with Crippen molar-refractivity contribution in [3.8, 4) is 0 Å². The molecule has 0 bridgehead atoms. The summed E-state index contributed by atoms with van der Waals surface area (Å²) < 4.78 is 0. The highest BCUT2D eigenvalue weighted by Crippen LogP contribution is 2.17. The minimum absolute atomic E-state index is 0.0399. The van der Waals surface area contributed by atoms with Gasteiger partial charge in [0, 0.05) is 24.8 Å². The van der Waals surface area contributed by atoms with Crippen LogP contribution in [0.2, 0.25) is 0 Å². The Morgan fingerprint density at radius 3 is 2.47 bits per heavy atom. The van der Waals surface area contributed by atoms with Crippen molar-refractivity contribution in [1.29, 1.82) is 0 Å². The molecule has 0 aromatic heterocycles. The molecular weight excluding hydrogens is 238 g/mol. The van der Waals surface area contributed by atoms with Crippen molar-refractivity contribution in [2.75, 3.05) is 39.0 Å². The van der Waals surface area contributed by atoms with Crippen LogP contribution in [0.3, 0.4) is 0 Å². The summed E-state index contributed by atoms with van der Waals surface area (Å²) in [5.74, 6) is 0.719. The Hall–Kier alpha value is -1.55. The number of likely N-dealkylation sites (tertiary alicyclic amines) is 1. The van der Waals surface area contributed by atoms with Crippen LogP contribution in [0.4, 0.5) is 5.69 Å². The van der Waals surface area contributed by atoms with Crippen molar-refractivity contribution in [1.82, 2.24) is 10.2 Å². The van der Waals surface area contributed by atoms with E-state index in [9.17, 15) is 4.79 Å². The second-order valence-electron chi connectivity index (χ2n) is 5.28. The third-order valence-corrected chi connectivity index (χ3v) is 3.81. The zero-order valence-electron chi connectivity index (χ0n) is 11.8. The maximum absolute atomic E-state index is 11.4. The fourth-order valence-electron chi connectivity index (χ4n) is 2.41. The van der Waals surface area contributed by atoms with Gasteiger partial charge in [0.2, 0.25) is 0 Å². The minimum atomic E-state index is -0.0399. The van der Waals surface area contributed by atoms with E-state index in [0.717, 1.165) is 18.2 Å². The number of anilines is 1. The van der Waals surface area contributed by atoms with Crippen LogP contribution in [0.5, 0.6) is 0 Å². The van der Waals surface area contributed by atoms with Gasteiger partial charge in [-0.05, 0) is 63.2 Å². The Balaban J connectivity index is 1.81. The van der Waals surface area contributed by atoms with Gasteiger partial charge in [0.1, 0.15) is 0 Å². The van der Waals surface area contributed by atoms with E-state index in [-0.39, 0.29) is 5.91 Å². The molecule has 0 aliphatic carbocycles. The molecule has 1 saturated heterocycles. The second-order valence-corrected chi connectivity index (χ2v) is 5.28. The maximum atomic E-state index is 11.4. The molecule has 19 heavy (non-hydrogen) atoms. The third kappa shape index (κ3) is 3.96. The predicted octanol–water partition coefficient (Wildman–Crippen LogP) is 1.80. The standard InChI is InChI=1S/C15H23N3O/c1-16-15(19)13-3-5-14(6-4-13)17-11-12-7-9-18(2)10-8-12/h3-6,12,17H,7-11H2,1-2H3,(H,16,19). The Kier molecular flexibility index (Phi) is 4.80. The van der Waals surface area contributed by atoms with Gasteiger partial charge in [0.05, 0.1) is 0 Å². The first-order chi connectivity index (χ1) is 9.19. The van der Waals surface area contributed by atoms with Gasteiger partial charge in [-0.25, -0.2) is 0 Å². The van der Waals surface area contributed by atoms with Crippen LogP contribution in [0.15, 0.2) is 24.3 Å². The van der Waals surface area contributed by atoms with Crippen LogP contribution in [-0.4, -0.2) is 44.5 Å². The number of nitrogens with one attached hydrogen (secondary N) is 2. The quantitative estimate of drug-likeness (QED) is 0.868. The second kappa shape index (κ2) is 6.57. The van der Waals surface area contributed by atoms with E-state index in [1.807, 2.05) is 24.3 Å². The Morgan fingerprint density at radius 1 is 1.26 bits per heavy atom. The third-order valence-electron chi connectivity index (χ3n) is 3.81. The molecule has 2 N–H and O–H groups in total. The van der Waals surface area contributed by atoms with Crippen LogP contribution in [0, 0.1) is 5.92 Å². The summed E-state index contributed by atoms with van der Waals surface area (Å²) in [6, 6.07) is 7.66. The number of piperidine rings is 1. The lowest BCUT2D eigenvalue weighted by Crippen LogP contribution is -2.32. The van der Waals surface area contributed by atoms with Crippen molar-refractivity contribution < 1.29 is 4.79 Å². The molecule has 0 unspecified atom stereocenters. The summed E-state index contributed by atoms with van der Waals surface area (Å²) in [6.45, 7) is 3.41. The van der Waals surface area contributed by atoms with Gasteiger partial charge in [-0.1, -0.05) is 0 Å². The summed E-state index contributed by atoms with van der Waals surface area (Å²) in [5, 5.41) is 6.09. The van der Waals surface area contributed by atoms with Gasteiger partial charge in [-0.3, -0.25) is 4.79 Å². The normalized spacial score (nSPS) is 17.2. The molecule has 1 fully saturated rings. The molecule has 4 heteroatoms. The lowest BCUT2D eigenvalue weighted by atomic mass is 9.97. The van der Waals surface area contributed by atoms with Crippen molar-refractivity contribution in [3.05, 3.63) is 29.8 Å². The molecular formula is C15H23N3O. The number of carbonyl (C=O) groups is 1. The number of carbonyl (C=O) groups excluding carboxylic acids is 1. The SMILES string of the molecule is CNC(=O)c1ccc(NCC2CCN(C)CC2)cc1. The lowest BCUT2D eigenvalue weighted by molar-refractivity contribution is 0.0963. The van der Waals surface area contributed by atoms with Gasteiger partial charge in [0.25, 0.3) is 5.91 Å². The summed E-state index contributed by atoms with van der Waals surface area (Å²) in [5.41, 5.74) is 1.79. The van der Waals surface area contributed by atoms with E-state index in [0.29, 0.717) is 5.56 Å². The van der Waals surface area contributed by atoms with Crippen molar-refractivity contribution in [2.24, 2.45) is 5.92 Å². The molecule has 1 aromatic rings. The summed E-state index contributed by atoms with van der Waals surface area (Å²) >= 11 is 0. The first-order valence-electron chi connectivity index (χ1n) is 6.93. The number of rotatable bonds is 4. The van der Waals surface area contributed by atoms with Gasteiger partial charge in [-0.2, -0.15) is 0 Å². The highest BCUT2D eigenvalue weighted by atomic mass is 16.1. The predicted molar refractivity (Wildman–Crippen MR) is 78.5 cm³/mol. The largest absolute Gasteiger partial charge is 0.385 e. The average Bonchev–Trinajstić information content (AvgIpc) is 2.46. The van der Waals surface area contributed by atoms with Gasteiger partial charge in [0.15, 0.2) is 0 Å².